The molecule has 2 N–H and O–H groups in total. The maximum absolute atomic E-state index is 10.6. The van der Waals surface area contributed by atoms with E-state index in [4.69, 9.17) is 24.7 Å². The summed E-state index contributed by atoms with van der Waals surface area (Å²) in [7, 11) is 0. The number of aromatic nitrogens is 4. The quantitative estimate of drug-likeness (QED) is 0.522. The molecule has 0 radical (unpaired) electrons. The third-order valence-electron chi connectivity index (χ3n) is 7.23. The van der Waals surface area contributed by atoms with Crippen LogP contribution >= 0.6 is 0 Å². The fraction of sp³-hybridized carbons (Fsp3) is 0.727. The van der Waals surface area contributed by atoms with Gasteiger partial charge >= 0.3 is 5.69 Å². The SMILES string of the molecule is Nc1cnn(C2CCC3(CC2)OCCO3)c1.O=[N+]([O-])c1cnn(C2CCC3(CC2)OCCO3)c1. The second-order valence-electron chi connectivity index (χ2n) is 9.37. The van der Waals surface area contributed by atoms with Crippen LogP contribution in [0.2, 0.25) is 0 Å². The summed E-state index contributed by atoms with van der Waals surface area (Å²) >= 11 is 0. The highest BCUT2D eigenvalue weighted by Crippen LogP contribution is 2.41. The Morgan fingerprint density at radius 2 is 1.26 bits per heavy atom. The maximum Gasteiger partial charge on any atom is 0.307 e. The monoisotopic (exact) mass is 476 g/mol. The summed E-state index contributed by atoms with van der Waals surface area (Å²) < 4.78 is 26.4. The zero-order chi connectivity index (χ0) is 23.6. The Hall–Kier alpha value is -2.54. The van der Waals surface area contributed by atoms with Crippen molar-refractivity contribution in [2.24, 2.45) is 0 Å². The van der Waals surface area contributed by atoms with Crippen molar-refractivity contribution in [2.45, 2.75) is 75.0 Å². The smallest absolute Gasteiger partial charge is 0.307 e. The Morgan fingerprint density at radius 1 is 0.824 bits per heavy atom. The van der Waals surface area contributed by atoms with Crippen molar-refractivity contribution in [1.82, 2.24) is 19.6 Å². The Morgan fingerprint density at radius 3 is 1.65 bits per heavy atom. The van der Waals surface area contributed by atoms with Gasteiger partial charge in [0.25, 0.3) is 0 Å². The Labute approximate surface area is 197 Å². The van der Waals surface area contributed by atoms with E-state index in [2.05, 4.69) is 10.2 Å². The van der Waals surface area contributed by atoms with Crippen LogP contribution in [-0.4, -0.2) is 62.5 Å². The number of nitrogens with zero attached hydrogens (tertiary/aromatic N) is 5. The molecule has 12 nitrogen and oxygen atoms in total. The van der Waals surface area contributed by atoms with Crippen LogP contribution in [-0.2, 0) is 18.9 Å². The molecular weight excluding hydrogens is 444 g/mol. The van der Waals surface area contributed by atoms with E-state index in [0.29, 0.717) is 19.3 Å². The molecule has 2 aromatic heterocycles. The molecule has 0 amide bonds. The van der Waals surface area contributed by atoms with Crippen LogP contribution in [0, 0.1) is 10.1 Å². The van der Waals surface area contributed by atoms with Crippen LogP contribution in [0.15, 0.2) is 24.8 Å². The van der Waals surface area contributed by atoms with Gasteiger partial charge in [-0.2, -0.15) is 10.2 Å². The van der Waals surface area contributed by atoms with Gasteiger partial charge in [-0.05, 0) is 25.7 Å². The summed E-state index contributed by atoms with van der Waals surface area (Å²) in [4.78, 5) is 10.2. The molecule has 2 saturated heterocycles. The largest absolute Gasteiger partial charge is 0.396 e. The highest BCUT2D eigenvalue weighted by Gasteiger charge is 2.42. The fourth-order valence-electron chi connectivity index (χ4n) is 5.36. The maximum atomic E-state index is 10.6. The molecule has 34 heavy (non-hydrogen) atoms. The second-order valence-corrected chi connectivity index (χ2v) is 9.37. The topological polar surface area (TPSA) is 142 Å². The molecule has 0 unspecified atom stereocenters. The van der Waals surface area contributed by atoms with Crippen LogP contribution < -0.4 is 5.73 Å². The van der Waals surface area contributed by atoms with Crippen molar-refractivity contribution >= 4 is 11.4 Å². The van der Waals surface area contributed by atoms with Crippen molar-refractivity contribution in [2.75, 3.05) is 32.2 Å². The van der Waals surface area contributed by atoms with Crippen molar-refractivity contribution in [3.63, 3.8) is 0 Å². The number of hydrogen-bond donors (Lipinski definition) is 1. The molecule has 2 spiro atoms. The molecule has 4 fully saturated rings. The normalized spacial score (nSPS) is 25.9. The number of anilines is 1. The molecule has 4 aliphatic rings. The minimum absolute atomic E-state index is 0.0450. The number of nitrogen functional groups attached to an aromatic ring is 1. The molecule has 186 valence electrons. The van der Waals surface area contributed by atoms with Crippen molar-refractivity contribution in [3.05, 3.63) is 34.9 Å². The average molecular weight is 477 g/mol. The van der Waals surface area contributed by atoms with Gasteiger partial charge in [0, 0.05) is 31.9 Å². The van der Waals surface area contributed by atoms with Gasteiger partial charge in [0.2, 0.25) is 0 Å². The van der Waals surface area contributed by atoms with E-state index in [9.17, 15) is 10.1 Å². The van der Waals surface area contributed by atoms with Crippen LogP contribution in [0.3, 0.4) is 0 Å². The van der Waals surface area contributed by atoms with Crippen LogP contribution in [0.5, 0.6) is 0 Å². The molecule has 0 bridgehead atoms. The summed E-state index contributed by atoms with van der Waals surface area (Å²) in [5.74, 6) is -0.676. The molecule has 2 aliphatic heterocycles. The second kappa shape index (κ2) is 9.61. The van der Waals surface area contributed by atoms with Crippen LogP contribution in [0.1, 0.15) is 63.5 Å². The lowest BCUT2D eigenvalue weighted by Crippen LogP contribution is -2.35. The van der Waals surface area contributed by atoms with E-state index in [1.807, 2.05) is 10.9 Å². The highest BCUT2D eigenvalue weighted by molar-refractivity contribution is 5.30. The standard InChI is InChI=1S/C11H15N3O4.C11H17N3O2/c15-14(16)10-7-12-13(8-10)9-1-3-11(4-2-9)17-5-6-18-11;12-9-7-13-14(8-9)10-1-3-11(4-2-10)15-5-6-16-11/h7-9H,1-6H2;7-8,10H,1-6,12H2. The van der Waals surface area contributed by atoms with Crippen LogP contribution in [0.25, 0.3) is 0 Å². The minimum atomic E-state index is -0.420. The summed E-state index contributed by atoms with van der Waals surface area (Å²) in [5, 5.41) is 18.9. The Bertz CT molecular complexity index is 960. The lowest BCUT2D eigenvalue weighted by atomic mass is 9.90. The minimum Gasteiger partial charge on any atom is -0.396 e. The molecule has 6 rings (SSSR count). The van der Waals surface area contributed by atoms with Gasteiger partial charge in [-0.15, -0.1) is 0 Å². The molecule has 0 atom stereocenters. The lowest BCUT2D eigenvalue weighted by Gasteiger charge is -2.35. The van der Waals surface area contributed by atoms with E-state index in [-0.39, 0.29) is 17.5 Å². The van der Waals surface area contributed by atoms with Crippen molar-refractivity contribution in [3.8, 4) is 0 Å². The number of rotatable bonds is 3. The lowest BCUT2D eigenvalue weighted by molar-refractivity contribution is -0.385. The first-order chi connectivity index (χ1) is 16.5. The molecular formula is C22H32N6O6. The summed E-state index contributed by atoms with van der Waals surface area (Å²) in [5.41, 5.74) is 6.44. The van der Waals surface area contributed by atoms with Gasteiger partial charge in [-0.3, -0.25) is 19.5 Å². The zero-order valence-corrected chi connectivity index (χ0v) is 19.2. The van der Waals surface area contributed by atoms with Gasteiger partial charge in [0.05, 0.1) is 55.3 Å². The Balaban J connectivity index is 0.000000142. The first-order valence-corrected chi connectivity index (χ1v) is 12.0. The number of nitro groups is 1. The van der Waals surface area contributed by atoms with Crippen molar-refractivity contribution < 1.29 is 23.9 Å². The predicted molar refractivity (Wildman–Crippen MR) is 120 cm³/mol. The first kappa shape index (κ1) is 23.2. The van der Waals surface area contributed by atoms with Gasteiger partial charge < -0.3 is 24.7 Å². The van der Waals surface area contributed by atoms with Gasteiger partial charge in [-0.1, -0.05) is 0 Å². The number of ether oxygens (including phenoxy) is 4. The third-order valence-corrected chi connectivity index (χ3v) is 7.23. The average Bonchev–Trinajstić information content (AvgIpc) is 3.64. The molecule has 4 heterocycles. The molecule has 0 aromatic carbocycles. The van der Waals surface area contributed by atoms with E-state index < -0.39 is 10.7 Å². The zero-order valence-electron chi connectivity index (χ0n) is 19.2. The number of hydrogen-bond acceptors (Lipinski definition) is 9. The van der Waals surface area contributed by atoms with E-state index in [0.717, 1.165) is 70.3 Å². The van der Waals surface area contributed by atoms with Crippen molar-refractivity contribution in [1.29, 1.82) is 0 Å². The van der Waals surface area contributed by atoms with E-state index in [1.165, 1.54) is 12.4 Å². The van der Waals surface area contributed by atoms with E-state index in [1.54, 1.807) is 10.9 Å². The van der Waals surface area contributed by atoms with Crippen LogP contribution in [0.4, 0.5) is 11.4 Å². The third kappa shape index (κ3) is 4.95. The van der Waals surface area contributed by atoms with Gasteiger partial charge in [-0.25, -0.2) is 0 Å². The molecule has 2 aliphatic carbocycles. The number of nitrogens with two attached hydrogens (primary N) is 1. The fourth-order valence-corrected chi connectivity index (χ4v) is 5.36. The highest BCUT2D eigenvalue weighted by atomic mass is 16.7. The predicted octanol–water partition coefficient (Wildman–Crippen LogP) is 2.97. The van der Waals surface area contributed by atoms with Gasteiger partial charge in [0.1, 0.15) is 12.4 Å². The Kier molecular flexibility index (Phi) is 6.56. The molecule has 2 aromatic rings. The summed E-state index contributed by atoms with van der Waals surface area (Å²) in [6.07, 6.45) is 13.8. The first-order valence-electron chi connectivity index (χ1n) is 12.0. The molecule has 12 heteroatoms. The van der Waals surface area contributed by atoms with E-state index >= 15 is 0 Å². The van der Waals surface area contributed by atoms with Gasteiger partial charge in [0.15, 0.2) is 11.6 Å². The summed E-state index contributed by atoms with van der Waals surface area (Å²) in [6.45, 7) is 2.80. The molecule has 2 saturated carbocycles. The summed E-state index contributed by atoms with van der Waals surface area (Å²) in [6, 6.07) is 0.646.